The summed E-state index contributed by atoms with van der Waals surface area (Å²) in [6.45, 7) is 22.8. The molecule has 2 saturated heterocycles. The lowest BCUT2D eigenvalue weighted by atomic mass is 9.79. The quantitative estimate of drug-likeness (QED) is 0.0954. The topological polar surface area (TPSA) is 179 Å². The van der Waals surface area contributed by atoms with Gasteiger partial charge >= 0.3 is 12.2 Å². The second kappa shape index (κ2) is 18.8. The monoisotopic (exact) mass is 747 g/mol. The van der Waals surface area contributed by atoms with Crippen LogP contribution in [0.4, 0.5) is 9.59 Å². The van der Waals surface area contributed by atoms with Gasteiger partial charge in [0.05, 0.1) is 13.9 Å². The van der Waals surface area contributed by atoms with Gasteiger partial charge in [-0.2, -0.15) is 5.06 Å². The van der Waals surface area contributed by atoms with Crippen LogP contribution in [-0.2, 0) is 23.9 Å². The Morgan fingerprint density at radius 1 is 0.906 bits per heavy atom. The van der Waals surface area contributed by atoms with Gasteiger partial charge < -0.3 is 40.8 Å². The summed E-state index contributed by atoms with van der Waals surface area (Å²) >= 11 is 0. The molecule has 0 spiro atoms. The molecule has 4 atom stereocenters. The van der Waals surface area contributed by atoms with Crippen LogP contribution in [0.2, 0.25) is 5.82 Å². The van der Waals surface area contributed by atoms with Crippen LogP contribution in [0.15, 0.2) is 12.2 Å². The molecule has 0 aromatic carbocycles. The zero-order valence-corrected chi connectivity index (χ0v) is 34.3. The molecule has 2 fully saturated rings. The molecule has 0 saturated carbocycles. The fourth-order valence-electron chi connectivity index (χ4n) is 7.00. The number of likely N-dealkylation sites (tertiary alicyclic amines) is 1. The Labute approximate surface area is 318 Å². The maximum absolute atomic E-state index is 13.8. The first-order chi connectivity index (χ1) is 24.2. The van der Waals surface area contributed by atoms with E-state index in [2.05, 4.69) is 21.3 Å². The van der Waals surface area contributed by atoms with E-state index in [1.165, 1.54) is 16.0 Å². The molecule has 0 bridgehead atoms. The summed E-state index contributed by atoms with van der Waals surface area (Å²) in [5.74, 6) is -2.13. The Hall–Kier alpha value is -3.33. The van der Waals surface area contributed by atoms with Crippen molar-refractivity contribution >= 4 is 37.8 Å². The lowest BCUT2D eigenvalue weighted by molar-refractivity contribution is -0.246. The summed E-state index contributed by atoms with van der Waals surface area (Å²) in [5, 5.41) is 23.6. The van der Waals surface area contributed by atoms with E-state index in [1.807, 2.05) is 41.5 Å². The summed E-state index contributed by atoms with van der Waals surface area (Å²) in [7, 11) is 6.34. The predicted octanol–water partition coefficient (Wildman–Crippen LogP) is 4.75. The minimum atomic E-state index is -1.07. The molecule has 2 aliphatic rings. The Kier molecular flexibility index (Phi) is 16.3. The number of hydrogen-bond acceptors (Lipinski definition) is 9. The molecule has 5 amide bonds. The van der Waals surface area contributed by atoms with E-state index >= 15 is 0 Å². The second-order valence-corrected chi connectivity index (χ2v) is 18.2. The first-order valence-corrected chi connectivity index (χ1v) is 19.0. The molecule has 2 rings (SSSR count). The summed E-state index contributed by atoms with van der Waals surface area (Å²) in [6.07, 6.45) is 5.19. The van der Waals surface area contributed by atoms with E-state index in [9.17, 15) is 29.2 Å². The van der Waals surface area contributed by atoms with Crippen LogP contribution < -0.4 is 21.3 Å². The van der Waals surface area contributed by atoms with Crippen LogP contribution in [0, 0.1) is 5.92 Å². The average Bonchev–Trinajstić information content (AvgIpc) is 3.47. The van der Waals surface area contributed by atoms with Gasteiger partial charge in [0.1, 0.15) is 23.3 Å². The fourth-order valence-corrected chi connectivity index (χ4v) is 7.00. The third-order valence-electron chi connectivity index (χ3n) is 9.06. The van der Waals surface area contributed by atoms with Crippen molar-refractivity contribution in [2.24, 2.45) is 5.92 Å². The van der Waals surface area contributed by atoms with E-state index in [0.717, 1.165) is 0 Å². The summed E-state index contributed by atoms with van der Waals surface area (Å²) in [5.41, 5.74) is -2.54. The van der Waals surface area contributed by atoms with E-state index in [4.69, 9.17) is 17.3 Å². The number of rotatable bonds is 14. The smallest absolute Gasteiger partial charge is 0.408 e. The number of carbonyl (C=O) groups is 5. The van der Waals surface area contributed by atoms with Crippen LogP contribution >= 0.6 is 0 Å². The van der Waals surface area contributed by atoms with Crippen molar-refractivity contribution in [3.8, 4) is 0 Å². The lowest BCUT2D eigenvalue weighted by Gasteiger charge is -2.51. The molecule has 2 aliphatic heterocycles. The highest BCUT2D eigenvalue weighted by Crippen LogP contribution is 2.36. The molecule has 53 heavy (non-hydrogen) atoms. The van der Waals surface area contributed by atoms with Crippen LogP contribution in [0.25, 0.3) is 0 Å². The SMILES string of the molecule is [B][C@@H](/C=C/[C@H](CC(C)C)NC(=O)OC(C)(C)C)C(=O)N1CCC[C@H]1C(=O)N[C@@H](CCCNC(=O)OC(C)(C)C)C(=O)NC1CC(C)(C)N(O)C(C)(C)C1. The third kappa shape index (κ3) is 15.5. The van der Waals surface area contributed by atoms with Gasteiger partial charge in [0.15, 0.2) is 0 Å². The molecule has 0 aromatic rings. The molecule has 0 unspecified atom stereocenters. The maximum Gasteiger partial charge on any atom is 0.408 e. The number of alkyl carbamates (subject to hydrolysis) is 2. The first kappa shape index (κ1) is 45.8. The van der Waals surface area contributed by atoms with E-state index in [1.54, 1.807) is 47.6 Å². The van der Waals surface area contributed by atoms with Crippen molar-refractivity contribution in [2.75, 3.05) is 13.1 Å². The van der Waals surface area contributed by atoms with Crippen molar-refractivity contribution < 1.29 is 38.7 Å². The molecule has 0 aromatic heterocycles. The number of ether oxygens (including phenoxy) is 2. The van der Waals surface area contributed by atoms with Crippen molar-refractivity contribution in [3.63, 3.8) is 0 Å². The van der Waals surface area contributed by atoms with Gasteiger partial charge in [-0.05, 0) is 120 Å². The highest BCUT2D eigenvalue weighted by Gasteiger charge is 2.46. The summed E-state index contributed by atoms with van der Waals surface area (Å²) < 4.78 is 10.7. The van der Waals surface area contributed by atoms with E-state index in [0.29, 0.717) is 45.1 Å². The largest absolute Gasteiger partial charge is 0.444 e. The Bertz CT molecular complexity index is 1290. The molecule has 14 nitrogen and oxygen atoms in total. The maximum atomic E-state index is 13.8. The Morgan fingerprint density at radius 3 is 2.02 bits per heavy atom. The summed E-state index contributed by atoms with van der Waals surface area (Å²) in [6, 6.07) is -2.48. The average molecular weight is 747 g/mol. The molecule has 5 N–H and O–H groups in total. The molecule has 2 heterocycles. The van der Waals surface area contributed by atoms with Gasteiger partial charge in [-0.15, -0.1) is 0 Å². The number of piperidine rings is 1. The highest BCUT2D eigenvalue weighted by molar-refractivity contribution is 6.25. The fraction of sp³-hybridized carbons (Fsp3) is 0.816. The van der Waals surface area contributed by atoms with Gasteiger partial charge in [0.2, 0.25) is 17.7 Å². The van der Waals surface area contributed by atoms with Crippen LogP contribution in [0.5, 0.6) is 0 Å². The van der Waals surface area contributed by atoms with Gasteiger partial charge in [-0.1, -0.05) is 26.0 Å². The number of hydroxylamine groups is 2. The van der Waals surface area contributed by atoms with E-state index < -0.39 is 70.2 Å². The molecule has 15 heteroatoms. The molecule has 0 aliphatic carbocycles. The third-order valence-corrected chi connectivity index (χ3v) is 9.06. The zero-order chi connectivity index (χ0) is 40.5. The Morgan fingerprint density at radius 2 is 1.47 bits per heavy atom. The second-order valence-electron chi connectivity index (χ2n) is 18.2. The number of nitrogens with one attached hydrogen (secondary N) is 4. The van der Waals surface area contributed by atoms with Gasteiger partial charge in [-0.25, -0.2) is 9.59 Å². The molecule has 2 radical (unpaired) electrons. The van der Waals surface area contributed by atoms with Crippen molar-refractivity contribution in [1.29, 1.82) is 0 Å². The summed E-state index contributed by atoms with van der Waals surface area (Å²) in [4.78, 5) is 67.4. The normalized spacial score (nSPS) is 21.1. The minimum absolute atomic E-state index is 0.212. The highest BCUT2D eigenvalue weighted by atomic mass is 16.6. The van der Waals surface area contributed by atoms with Gasteiger partial charge in [0, 0.05) is 36.0 Å². The van der Waals surface area contributed by atoms with Crippen LogP contribution in [-0.4, -0.2) is 112 Å². The molecule has 300 valence electrons. The first-order valence-electron chi connectivity index (χ1n) is 19.0. The Balaban J connectivity index is 2.18. The standard InChI is InChI=1S/C38H67BN6O8/c1-24(2)21-25(42-34(50)53-36(6,7)8)17-18-27(39)32(48)44-20-14-16-29(44)31(47)43-28(15-13-19-40-33(49)52-35(3,4)5)30(46)41-26-22-37(9,10)45(51)38(11,12)23-26/h17-18,24-29,51H,13-16,19-23H2,1-12H3,(H,40,49)(H,41,46)(H,42,50)(H,43,47)/b18-17+/t25-,27+,28+,29+/m1/s1. The van der Waals surface area contributed by atoms with Crippen LogP contribution in [0.1, 0.15) is 128 Å². The number of amides is 5. The number of hydrogen-bond donors (Lipinski definition) is 5. The van der Waals surface area contributed by atoms with Crippen molar-refractivity contribution in [3.05, 3.63) is 12.2 Å². The predicted molar refractivity (Wildman–Crippen MR) is 204 cm³/mol. The number of nitrogens with zero attached hydrogens (tertiary/aromatic N) is 2. The van der Waals surface area contributed by atoms with Gasteiger partial charge in [-0.3, -0.25) is 14.4 Å². The van der Waals surface area contributed by atoms with Crippen LogP contribution in [0.3, 0.4) is 0 Å². The van der Waals surface area contributed by atoms with Gasteiger partial charge in [0.25, 0.3) is 0 Å². The lowest BCUT2D eigenvalue weighted by Crippen LogP contribution is -2.64. The minimum Gasteiger partial charge on any atom is -0.444 e. The molecular weight excluding hydrogens is 679 g/mol. The number of carbonyl (C=O) groups excluding carboxylic acids is 5. The van der Waals surface area contributed by atoms with Crippen molar-refractivity contribution in [1.82, 2.24) is 31.2 Å². The zero-order valence-electron chi connectivity index (χ0n) is 34.3. The molecular formula is C38H67BN6O8. The van der Waals surface area contributed by atoms with E-state index in [-0.39, 0.29) is 30.8 Å². The van der Waals surface area contributed by atoms with Crippen molar-refractivity contribution in [2.45, 2.75) is 180 Å².